The van der Waals surface area contributed by atoms with Crippen LogP contribution < -0.4 is 0 Å². The summed E-state index contributed by atoms with van der Waals surface area (Å²) in [7, 11) is 0. The zero-order valence-electron chi connectivity index (χ0n) is 29.4. The number of hydrogen-bond donors (Lipinski definition) is 0. The Labute approximate surface area is 299 Å². The van der Waals surface area contributed by atoms with E-state index in [4.69, 9.17) is 8.83 Å². The first-order valence-corrected chi connectivity index (χ1v) is 17.5. The van der Waals surface area contributed by atoms with Gasteiger partial charge in [-0.25, -0.2) is 0 Å². The Morgan fingerprint density at radius 1 is 0.647 bits per heavy atom. The number of benzene rings is 6. The summed E-state index contributed by atoms with van der Waals surface area (Å²) in [6, 6.07) is 46.1. The van der Waals surface area contributed by atoms with Crippen LogP contribution in [0.1, 0.15) is 37.8 Å². The van der Waals surface area contributed by atoms with Gasteiger partial charge in [-0.2, -0.15) is 0 Å². The minimum Gasteiger partial charge on any atom is -0.455 e. The lowest BCUT2D eigenvalue weighted by molar-refractivity contribution is 0.658. The molecule has 2 aromatic heterocycles. The van der Waals surface area contributed by atoms with Gasteiger partial charge in [0, 0.05) is 21.5 Å². The number of furan rings is 2. The zero-order valence-corrected chi connectivity index (χ0v) is 29.4. The molecule has 0 unspecified atom stereocenters. The molecule has 0 fully saturated rings. The molecule has 0 atom stereocenters. The standard InChI is InChI=1S/C31H20O2.C17H21N/c1-19-12-14-27-23(16-19)25-18-26-24-17-22(20-8-4-2-5-9-20)13-15-28(24)33-31(26)29(30(25)32-27)21-10-6-3-7-11-21;1-4-6-10-15(5-2)13-14-17(18-3)16-11-8-7-9-12-16/h2-18H,1H3;5-12,14H,3-4,13H2,1-2H3/b;10-6-,15-5+,17-14-. The van der Waals surface area contributed by atoms with Crippen LogP contribution in [0.3, 0.4) is 0 Å². The summed E-state index contributed by atoms with van der Waals surface area (Å²) in [6.45, 7) is 9.97. The quantitative estimate of drug-likeness (QED) is 0.120. The largest absolute Gasteiger partial charge is 0.455 e. The third-order valence-electron chi connectivity index (χ3n) is 9.23. The molecule has 2 heterocycles. The molecular weight excluding hydrogens is 623 g/mol. The van der Waals surface area contributed by atoms with Gasteiger partial charge in [-0.15, -0.1) is 0 Å². The molecule has 0 radical (unpaired) electrons. The maximum atomic E-state index is 6.50. The summed E-state index contributed by atoms with van der Waals surface area (Å²) < 4.78 is 12.9. The van der Waals surface area contributed by atoms with Gasteiger partial charge in [0.25, 0.3) is 0 Å². The van der Waals surface area contributed by atoms with Crippen molar-refractivity contribution in [2.75, 3.05) is 0 Å². The molecule has 0 aliphatic heterocycles. The van der Waals surface area contributed by atoms with E-state index in [1.807, 2.05) is 30.3 Å². The first-order valence-electron chi connectivity index (χ1n) is 17.5. The van der Waals surface area contributed by atoms with Crippen LogP contribution in [-0.4, -0.2) is 6.72 Å². The molecule has 250 valence electrons. The minimum absolute atomic E-state index is 0.865. The number of aryl methyl sites for hydroxylation is 1. The van der Waals surface area contributed by atoms with Gasteiger partial charge in [-0.3, -0.25) is 4.99 Å². The molecule has 3 heteroatoms. The lowest BCUT2D eigenvalue weighted by atomic mass is 9.97. The van der Waals surface area contributed by atoms with Gasteiger partial charge in [-0.1, -0.05) is 140 Å². The monoisotopic (exact) mass is 663 g/mol. The normalized spacial score (nSPS) is 12.2. The summed E-state index contributed by atoms with van der Waals surface area (Å²) in [5.41, 5.74) is 12.6. The van der Waals surface area contributed by atoms with E-state index in [-0.39, 0.29) is 0 Å². The van der Waals surface area contributed by atoms with Crippen molar-refractivity contribution in [2.24, 2.45) is 4.99 Å². The van der Waals surface area contributed by atoms with E-state index < -0.39 is 0 Å². The number of allylic oxidation sites excluding steroid dienone is 5. The molecular formula is C48H41NO2. The highest BCUT2D eigenvalue weighted by molar-refractivity contribution is 6.22. The summed E-state index contributed by atoms with van der Waals surface area (Å²) in [6.07, 6.45) is 10.5. The fourth-order valence-electron chi connectivity index (χ4n) is 6.58. The van der Waals surface area contributed by atoms with Crippen LogP contribution in [0.5, 0.6) is 0 Å². The molecule has 0 aliphatic carbocycles. The third kappa shape index (κ3) is 6.97. The minimum atomic E-state index is 0.865. The number of rotatable bonds is 8. The summed E-state index contributed by atoms with van der Waals surface area (Å²) >= 11 is 0. The van der Waals surface area contributed by atoms with Gasteiger partial charge in [0.1, 0.15) is 22.3 Å². The lowest BCUT2D eigenvalue weighted by Crippen LogP contribution is -1.82. The molecule has 0 aliphatic rings. The molecule has 0 amide bonds. The van der Waals surface area contributed by atoms with Gasteiger partial charge in [0.15, 0.2) is 0 Å². The molecule has 6 aromatic carbocycles. The van der Waals surface area contributed by atoms with E-state index in [2.05, 4.69) is 160 Å². The van der Waals surface area contributed by atoms with Crippen LogP contribution in [0, 0.1) is 6.92 Å². The predicted molar refractivity (Wildman–Crippen MR) is 218 cm³/mol. The van der Waals surface area contributed by atoms with Crippen LogP contribution in [0.15, 0.2) is 177 Å². The Kier molecular flexibility index (Phi) is 9.89. The molecule has 8 rings (SSSR count). The van der Waals surface area contributed by atoms with E-state index in [0.29, 0.717) is 0 Å². The van der Waals surface area contributed by atoms with E-state index >= 15 is 0 Å². The second kappa shape index (κ2) is 15.1. The van der Waals surface area contributed by atoms with Crippen LogP contribution >= 0.6 is 0 Å². The Hall–Kier alpha value is -6.19. The molecule has 0 N–H and O–H groups in total. The van der Waals surface area contributed by atoms with Crippen molar-refractivity contribution in [3.05, 3.63) is 174 Å². The van der Waals surface area contributed by atoms with Crippen LogP contribution in [0.4, 0.5) is 0 Å². The van der Waals surface area contributed by atoms with E-state index in [9.17, 15) is 0 Å². The average molecular weight is 664 g/mol. The fourth-order valence-corrected chi connectivity index (χ4v) is 6.58. The van der Waals surface area contributed by atoms with Gasteiger partial charge < -0.3 is 8.83 Å². The van der Waals surface area contributed by atoms with E-state index in [1.165, 1.54) is 22.3 Å². The molecule has 0 saturated heterocycles. The van der Waals surface area contributed by atoms with Gasteiger partial charge >= 0.3 is 0 Å². The van der Waals surface area contributed by atoms with Crippen LogP contribution in [0.2, 0.25) is 0 Å². The van der Waals surface area contributed by atoms with Gasteiger partial charge in [-0.05, 0) is 91.6 Å². The highest BCUT2D eigenvalue weighted by Crippen LogP contribution is 2.45. The van der Waals surface area contributed by atoms with Crippen molar-refractivity contribution >= 4 is 56.3 Å². The number of aliphatic imine (C=N–C) groups is 1. The highest BCUT2D eigenvalue weighted by Gasteiger charge is 2.21. The Balaban J connectivity index is 0.000000193. The zero-order chi connectivity index (χ0) is 35.2. The number of fused-ring (bicyclic) bond motifs is 6. The van der Waals surface area contributed by atoms with Crippen molar-refractivity contribution < 1.29 is 8.83 Å². The molecule has 3 nitrogen and oxygen atoms in total. The van der Waals surface area contributed by atoms with E-state index in [1.54, 1.807) is 0 Å². The molecule has 51 heavy (non-hydrogen) atoms. The molecule has 0 saturated carbocycles. The van der Waals surface area contributed by atoms with Crippen LogP contribution in [0.25, 0.3) is 71.8 Å². The topological polar surface area (TPSA) is 38.6 Å². The molecule has 0 bridgehead atoms. The van der Waals surface area contributed by atoms with Crippen molar-refractivity contribution in [3.8, 4) is 22.3 Å². The fraction of sp³-hybridized carbons (Fsp3) is 0.104. The molecule has 0 spiro atoms. The Morgan fingerprint density at radius 2 is 1.24 bits per heavy atom. The first kappa shape index (κ1) is 33.3. The third-order valence-corrected chi connectivity index (χ3v) is 9.23. The Bertz CT molecular complexity index is 2550. The van der Waals surface area contributed by atoms with Crippen molar-refractivity contribution in [2.45, 2.75) is 33.6 Å². The lowest BCUT2D eigenvalue weighted by Gasteiger charge is -2.04. The maximum Gasteiger partial charge on any atom is 0.147 e. The highest BCUT2D eigenvalue weighted by atomic mass is 16.3. The van der Waals surface area contributed by atoms with E-state index in [0.717, 1.165) is 79.1 Å². The number of hydrogen-bond acceptors (Lipinski definition) is 3. The second-order valence-electron chi connectivity index (χ2n) is 12.6. The average Bonchev–Trinajstić information content (AvgIpc) is 3.73. The number of nitrogens with zero attached hydrogens (tertiary/aromatic N) is 1. The Morgan fingerprint density at radius 3 is 1.84 bits per heavy atom. The van der Waals surface area contributed by atoms with Gasteiger partial charge in [0.2, 0.25) is 0 Å². The predicted octanol–water partition coefficient (Wildman–Crippen LogP) is 14.2. The first-order chi connectivity index (χ1) is 25.1. The van der Waals surface area contributed by atoms with Crippen molar-refractivity contribution in [1.29, 1.82) is 0 Å². The smallest absolute Gasteiger partial charge is 0.147 e. The van der Waals surface area contributed by atoms with Crippen molar-refractivity contribution in [1.82, 2.24) is 0 Å². The summed E-state index contributed by atoms with van der Waals surface area (Å²) in [4.78, 5) is 4.10. The van der Waals surface area contributed by atoms with Crippen molar-refractivity contribution in [3.63, 3.8) is 0 Å². The summed E-state index contributed by atoms with van der Waals surface area (Å²) in [5, 5.41) is 4.48. The SMILES string of the molecule is C=N/C(=C\CC(/C=C\CC)=C/C)c1ccccc1.Cc1ccc2oc3c(-c4ccccc4)c4oc5ccc(-c6ccccc6)cc5c4cc3c2c1. The maximum absolute atomic E-state index is 6.50. The molecule has 8 aromatic rings. The summed E-state index contributed by atoms with van der Waals surface area (Å²) in [5.74, 6) is 0. The van der Waals surface area contributed by atoms with Crippen LogP contribution in [-0.2, 0) is 0 Å². The second-order valence-corrected chi connectivity index (χ2v) is 12.6. The van der Waals surface area contributed by atoms with Gasteiger partial charge in [0.05, 0.1) is 11.3 Å².